The second-order valence-electron chi connectivity index (χ2n) is 13.7. The molecule has 12 nitrogen and oxygen atoms in total. The van der Waals surface area contributed by atoms with Crippen molar-refractivity contribution in [1.82, 2.24) is 24.8 Å². The molecular formula is C36H42F2N8O4. The van der Waals surface area contributed by atoms with Crippen LogP contribution in [0, 0.1) is 35.3 Å². The number of carbonyl (C=O) groups excluding carboxylic acids is 3. The molecule has 14 heteroatoms. The predicted molar refractivity (Wildman–Crippen MR) is 184 cm³/mol. The van der Waals surface area contributed by atoms with Crippen LogP contribution in [0.3, 0.4) is 0 Å². The third kappa shape index (κ3) is 7.16. The molecule has 2 bridgehead atoms. The number of halogens is 2. The van der Waals surface area contributed by atoms with E-state index in [2.05, 4.69) is 30.9 Å². The van der Waals surface area contributed by atoms with Crippen LogP contribution in [0.2, 0.25) is 0 Å². The molecule has 0 radical (unpaired) electrons. The van der Waals surface area contributed by atoms with Crippen LogP contribution in [0.25, 0.3) is 22.4 Å². The molecule has 3 saturated carbocycles. The lowest BCUT2D eigenvalue weighted by Gasteiger charge is -2.47. The Kier molecular flexibility index (Phi) is 10.1. The van der Waals surface area contributed by atoms with Gasteiger partial charge >= 0.3 is 5.97 Å². The summed E-state index contributed by atoms with van der Waals surface area (Å²) < 4.78 is 36.7. The van der Waals surface area contributed by atoms with Gasteiger partial charge in [-0.25, -0.2) is 23.7 Å². The van der Waals surface area contributed by atoms with Crippen molar-refractivity contribution in [2.45, 2.75) is 71.1 Å². The molecular weight excluding hydrogens is 646 g/mol. The van der Waals surface area contributed by atoms with Gasteiger partial charge in [0.2, 0.25) is 11.8 Å². The zero-order valence-corrected chi connectivity index (χ0v) is 28.5. The molecule has 3 aliphatic carbocycles. The molecule has 3 heterocycles. The molecule has 4 atom stereocenters. The molecule has 0 spiro atoms. The summed E-state index contributed by atoms with van der Waals surface area (Å²) >= 11 is 0. The highest BCUT2D eigenvalue weighted by molar-refractivity contribution is 5.97. The maximum atomic E-state index is 15.2. The van der Waals surface area contributed by atoms with E-state index >= 15 is 4.39 Å². The number of aromatic nitrogens is 4. The van der Waals surface area contributed by atoms with E-state index < -0.39 is 35.5 Å². The average Bonchev–Trinajstić information content (AvgIpc) is 3.46. The van der Waals surface area contributed by atoms with Gasteiger partial charge in [0.25, 0.3) is 0 Å². The number of nitrogens with two attached hydrogens (primary N) is 1. The quantitative estimate of drug-likeness (QED) is 0.164. The minimum Gasteiger partial charge on any atom is -0.469 e. The van der Waals surface area contributed by atoms with E-state index in [4.69, 9.17) is 10.5 Å². The number of carbonyl (C=O) groups is 3. The monoisotopic (exact) mass is 688 g/mol. The number of nitrogens with one attached hydrogen (secondary N) is 3. The fourth-order valence-electron chi connectivity index (χ4n) is 7.15. The second kappa shape index (κ2) is 14.5. The van der Waals surface area contributed by atoms with E-state index in [0.29, 0.717) is 28.8 Å². The molecule has 3 fully saturated rings. The summed E-state index contributed by atoms with van der Waals surface area (Å²) in [6.45, 7) is 5.58. The topological polar surface area (TPSA) is 166 Å². The summed E-state index contributed by atoms with van der Waals surface area (Å²) in [5.41, 5.74) is 8.20. The van der Waals surface area contributed by atoms with Gasteiger partial charge < -0.3 is 31.0 Å². The molecule has 7 rings (SSSR count). The number of esters is 1. The van der Waals surface area contributed by atoms with E-state index in [1.807, 2.05) is 30.5 Å². The Hall–Kier alpha value is -4.98. The van der Waals surface area contributed by atoms with Crippen LogP contribution in [0.15, 0.2) is 48.9 Å². The van der Waals surface area contributed by atoms with Crippen LogP contribution < -0.4 is 21.7 Å². The number of hydrogen-bond donors (Lipinski definition) is 4. The van der Waals surface area contributed by atoms with Gasteiger partial charge in [-0.1, -0.05) is 26.0 Å². The van der Waals surface area contributed by atoms with Gasteiger partial charge in [-0.15, -0.1) is 0 Å². The molecule has 0 saturated heterocycles. The first kappa shape index (κ1) is 34.9. The Morgan fingerprint density at radius 3 is 2.38 bits per heavy atom. The Bertz CT molecular complexity index is 1890. The van der Waals surface area contributed by atoms with Crippen molar-refractivity contribution in [3.63, 3.8) is 0 Å². The van der Waals surface area contributed by atoms with Crippen LogP contribution in [-0.2, 0) is 25.7 Å². The smallest absolute Gasteiger partial charge is 0.311 e. The van der Waals surface area contributed by atoms with Gasteiger partial charge in [-0.3, -0.25) is 14.4 Å². The van der Waals surface area contributed by atoms with E-state index in [0.717, 1.165) is 43.6 Å². The number of hydrogen-bond acceptors (Lipinski definition) is 9. The fourth-order valence-corrected chi connectivity index (χ4v) is 7.15. The number of ether oxygens (including phenoxy) is 1. The van der Waals surface area contributed by atoms with Gasteiger partial charge in [0, 0.05) is 35.4 Å². The number of methoxy groups -OCH3 is 1. The number of anilines is 2. The zero-order chi connectivity index (χ0) is 35.7. The summed E-state index contributed by atoms with van der Waals surface area (Å²) in [5.74, 6) is -2.28. The standard InChI is InChI=1S/C36H42F2N8O4/c1-18(2)29(39)35(48)42-19(3)34(47)43-24-11-5-20(6-12-24)16-46-17-26(25-13-23(37)14-41-33(25)46)31-40-15-27(38)32(45-31)44-30-22-9-7-21(8-10-22)28(30)36(49)50-4/h5-6,11-15,17-19,21-22,28-30H,7-10,16,39H2,1-4H3,(H,42,48)(H,43,47)(H,40,44,45)/t19-,21?,22?,28?,29-,30-/m0/s1. The summed E-state index contributed by atoms with van der Waals surface area (Å²) in [4.78, 5) is 50.9. The molecule has 5 N–H and O–H groups in total. The van der Waals surface area contributed by atoms with Crippen molar-refractivity contribution in [3.8, 4) is 11.4 Å². The summed E-state index contributed by atoms with van der Waals surface area (Å²) in [6.07, 6.45) is 7.69. The lowest BCUT2D eigenvalue weighted by Crippen LogP contribution is -2.52. The fraction of sp³-hybridized carbons (Fsp3) is 0.444. The molecule has 1 unspecified atom stereocenters. The Morgan fingerprint density at radius 1 is 1.00 bits per heavy atom. The Balaban J connectivity index is 1.21. The van der Waals surface area contributed by atoms with E-state index in [-0.39, 0.29) is 47.3 Å². The van der Waals surface area contributed by atoms with E-state index in [1.165, 1.54) is 13.2 Å². The summed E-state index contributed by atoms with van der Waals surface area (Å²) in [7, 11) is 1.37. The number of amides is 2. The van der Waals surface area contributed by atoms with Gasteiger partial charge in [0.15, 0.2) is 17.5 Å². The minimum absolute atomic E-state index is 0.0268. The highest BCUT2D eigenvalue weighted by atomic mass is 19.1. The normalized spacial score (nSPS) is 21.1. The molecule has 4 aromatic rings. The molecule has 3 aliphatic rings. The summed E-state index contributed by atoms with van der Waals surface area (Å²) in [6, 6.07) is 6.64. The van der Waals surface area contributed by atoms with Gasteiger partial charge in [-0.2, -0.15) is 0 Å². The SMILES string of the molecule is COC(=O)C1C2CCC(CC2)[C@@H]1Nc1nc(-c2cn(Cc3ccc(NC(=O)[C@H](C)NC(=O)[C@@H](N)C(C)C)cc3)c3ncc(F)cc23)ncc1F. The first-order chi connectivity index (χ1) is 23.9. The van der Waals surface area contributed by atoms with Crippen LogP contribution in [0.4, 0.5) is 20.3 Å². The molecule has 0 aliphatic heterocycles. The lowest BCUT2D eigenvalue weighted by atomic mass is 9.61. The maximum absolute atomic E-state index is 15.2. The third-order valence-electron chi connectivity index (χ3n) is 10.0. The Morgan fingerprint density at radius 2 is 1.70 bits per heavy atom. The minimum atomic E-state index is -0.792. The lowest BCUT2D eigenvalue weighted by molar-refractivity contribution is -0.152. The zero-order valence-electron chi connectivity index (χ0n) is 28.5. The molecule has 3 aromatic heterocycles. The molecule has 2 amide bonds. The van der Waals surface area contributed by atoms with Crippen molar-refractivity contribution in [3.05, 3.63) is 66.1 Å². The van der Waals surface area contributed by atoms with Crippen LogP contribution >= 0.6 is 0 Å². The van der Waals surface area contributed by atoms with E-state index in [9.17, 15) is 18.8 Å². The third-order valence-corrected chi connectivity index (χ3v) is 10.0. The van der Waals surface area contributed by atoms with Crippen molar-refractivity contribution >= 4 is 40.3 Å². The molecule has 264 valence electrons. The average molecular weight is 689 g/mol. The first-order valence-corrected chi connectivity index (χ1v) is 16.9. The predicted octanol–water partition coefficient (Wildman–Crippen LogP) is 4.64. The largest absolute Gasteiger partial charge is 0.469 e. The van der Waals surface area contributed by atoms with E-state index in [1.54, 1.807) is 25.3 Å². The van der Waals surface area contributed by atoms with Crippen LogP contribution in [-0.4, -0.2) is 62.5 Å². The van der Waals surface area contributed by atoms with Gasteiger partial charge in [-0.05, 0) is 74.1 Å². The van der Waals surface area contributed by atoms with Crippen molar-refractivity contribution in [2.24, 2.45) is 29.4 Å². The van der Waals surface area contributed by atoms with Crippen LogP contribution in [0.1, 0.15) is 52.0 Å². The molecule has 1 aromatic carbocycles. The number of benzene rings is 1. The summed E-state index contributed by atoms with van der Waals surface area (Å²) in [5, 5.41) is 9.11. The van der Waals surface area contributed by atoms with Crippen LogP contribution in [0.5, 0.6) is 0 Å². The van der Waals surface area contributed by atoms with Gasteiger partial charge in [0.1, 0.15) is 17.5 Å². The highest BCUT2D eigenvalue weighted by Gasteiger charge is 2.48. The molecule has 50 heavy (non-hydrogen) atoms. The van der Waals surface area contributed by atoms with Crippen molar-refractivity contribution < 1.29 is 27.9 Å². The number of fused-ring (bicyclic) bond motifs is 4. The van der Waals surface area contributed by atoms with Crippen molar-refractivity contribution in [1.29, 1.82) is 0 Å². The number of pyridine rings is 1. The Labute approximate surface area is 288 Å². The number of nitrogens with zero attached hydrogens (tertiary/aromatic N) is 4. The second-order valence-corrected chi connectivity index (χ2v) is 13.7. The first-order valence-electron chi connectivity index (χ1n) is 16.9. The number of rotatable bonds is 11. The highest BCUT2D eigenvalue weighted by Crippen LogP contribution is 2.47. The maximum Gasteiger partial charge on any atom is 0.311 e. The van der Waals surface area contributed by atoms with Gasteiger partial charge in [0.05, 0.1) is 31.5 Å². The van der Waals surface area contributed by atoms with Crippen molar-refractivity contribution in [2.75, 3.05) is 17.7 Å².